The van der Waals surface area contributed by atoms with Crippen LogP contribution in [0.4, 0.5) is 4.39 Å². The molecule has 7 heteroatoms. The highest BCUT2D eigenvalue weighted by Gasteiger charge is 2.40. The van der Waals surface area contributed by atoms with Gasteiger partial charge >= 0.3 is 0 Å². The van der Waals surface area contributed by atoms with Crippen molar-refractivity contribution >= 4 is 0 Å². The molecule has 1 fully saturated rings. The van der Waals surface area contributed by atoms with Crippen molar-refractivity contribution in [2.24, 2.45) is 13.0 Å². The van der Waals surface area contributed by atoms with E-state index in [9.17, 15) is 9.18 Å². The van der Waals surface area contributed by atoms with Crippen molar-refractivity contribution in [1.29, 1.82) is 0 Å². The van der Waals surface area contributed by atoms with Crippen LogP contribution in [-0.4, -0.2) is 26.1 Å². The average Bonchev–Trinajstić information content (AvgIpc) is 3.43. The van der Waals surface area contributed by atoms with Gasteiger partial charge in [0, 0.05) is 43.0 Å². The summed E-state index contributed by atoms with van der Waals surface area (Å²) in [5.41, 5.74) is 2.19. The van der Waals surface area contributed by atoms with Gasteiger partial charge in [-0.1, -0.05) is 0 Å². The SMILES string of the molecule is Cc1ncc(-c2ccn(C)c(=O)c2)c(OC[C@@H]2C[C@H]2c2ccc(F)cn2)n1. The van der Waals surface area contributed by atoms with Gasteiger partial charge in [-0.3, -0.25) is 9.78 Å². The molecule has 1 saturated carbocycles. The maximum absolute atomic E-state index is 13.0. The molecule has 0 unspecified atom stereocenters. The zero-order valence-corrected chi connectivity index (χ0v) is 15.1. The number of aromatic nitrogens is 4. The fourth-order valence-corrected chi connectivity index (χ4v) is 3.06. The Hall–Kier alpha value is -3.09. The molecule has 0 amide bonds. The lowest BCUT2D eigenvalue weighted by Crippen LogP contribution is -2.14. The molecule has 0 N–H and O–H groups in total. The van der Waals surface area contributed by atoms with Crippen LogP contribution in [0.1, 0.15) is 23.9 Å². The third-order valence-corrected chi connectivity index (χ3v) is 4.78. The second-order valence-corrected chi connectivity index (χ2v) is 6.82. The molecule has 0 aromatic carbocycles. The summed E-state index contributed by atoms with van der Waals surface area (Å²) in [4.78, 5) is 24.7. The first-order valence-corrected chi connectivity index (χ1v) is 8.76. The minimum absolute atomic E-state index is 0.108. The summed E-state index contributed by atoms with van der Waals surface area (Å²) in [5.74, 6) is 1.33. The fraction of sp³-hybridized carbons (Fsp3) is 0.300. The zero-order chi connectivity index (χ0) is 19.0. The number of ether oxygens (including phenoxy) is 1. The number of pyridine rings is 2. The second kappa shape index (κ2) is 6.90. The average molecular weight is 366 g/mol. The Morgan fingerprint density at radius 2 is 2.11 bits per heavy atom. The van der Waals surface area contributed by atoms with Crippen LogP contribution in [0, 0.1) is 18.7 Å². The number of nitrogens with zero attached hydrogens (tertiary/aromatic N) is 4. The molecular weight excluding hydrogens is 347 g/mol. The summed E-state index contributed by atoms with van der Waals surface area (Å²) in [6.07, 6.45) is 5.58. The first kappa shape index (κ1) is 17.3. The minimum Gasteiger partial charge on any atom is -0.477 e. The Morgan fingerprint density at radius 1 is 1.26 bits per heavy atom. The lowest BCUT2D eigenvalue weighted by molar-refractivity contribution is 0.285. The summed E-state index contributed by atoms with van der Waals surface area (Å²) >= 11 is 0. The molecule has 1 aliphatic carbocycles. The van der Waals surface area contributed by atoms with Crippen LogP contribution in [0.25, 0.3) is 11.1 Å². The highest BCUT2D eigenvalue weighted by molar-refractivity contribution is 5.67. The number of aryl methyl sites for hydroxylation is 2. The van der Waals surface area contributed by atoms with Crippen molar-refractivity contribution in [2.75, 3.05) is 6.61 Å². The first-order valence-electron chi connectivity index (χ1n) is 8.76. The van der Waals surface area contributed by atoms with Gasteiger partial charge in [-0.05, 0) is 37.1 Å². The zero-order valence-electron chi connectivity index (χ0n) is 15.1. The molecule has 0 aliphatic heterocycles. The van der Waals surface area contributed by atoms with Crippen LogP contribution >= 0.6 is 0 Å². The quantitative estimate of drug-likeness (QED) is 0.694. The van der Waals surface area contributed by atoms with Gasteiger partial charge < -0.3 is 9.30 Å². The van der Waals surface area contributed by atoms with E-state index in [2.05, 4.69) is 15.0 Å². The van der Waals surface area contributed by atoms with Crippen LogP contribution in [0.5, 0.6) is 5.88 Å². The van der Waals surface area contributed by atoms with Gasteiger partial charge in [-0.25, -0.2) is 9.37 Å². The lowest BCUT2D eigenvalue weighted by Gasteiger charge is -2.11. The third-order valence-electron chi connectivity index (χ3n) is 4.78. The smallest absolute Gasteiger partial charge is 0.250 e. The topological polar surface area (TPSA) is 69.9 Å². The van der Waals surface area contributed by atoms with Crippen LogP contribution in [0.15, 0.2) is 47.7 Å². The molecule has 1 aliphatic rings. The van der Waals surface area contributed by atoms with Gasteiger partial charge in [-0.15, -0.1) is 0 Å². The van der Waals surface area contributed by atoms with E-state index in [1.807, 2.05) is 6.07 Å². The van der Waals surface area contributed by atoms with E-state index >= 15 is 0 Å². The molecule has 3 heterocycles. The fourth-order valence-electron chi connectivity index (χ4n) is 3.06. The number of halogens is 1. The number of rotatable bonds is 5. The summed E-state index contributed by atoms with van der Waals surface area (Å²) in [6, 6.07) is 6.54. The molecule has 138 valence electrons. The molecule has 3 aromatic rings. The minimum atomic E-state index is -0.331. The Morgan fingerprint density at radius 3 is 2.85 bits per heavy atom. The van der Waals surface area contributed by atoms with Gasteiger partial charge in [0.1, 0.15) is 11.6 Å². The Bertz CT molecular complexity index is 1030. The van der Waals surface area contributed by atoms with E-state index in [1.54, 1.807) is 38.5 Å². The summed E-state index contributed by atoms with van der Waals surface area (Å²) < 4.78 is 20.5. The second-order valence-electron chi connectivity index (χ2n) is 6.82. The van der Waals surface area contributed by atoms with Crippen molar-refractivity contribution in [1.82, 2.24) is 19.5 Å². The normalized spacial score (nSPS) is 18.3. The monoisotopic (exact) mass is 366 g/mol. The molecule has 0 bridgehead atoms. The van der Waals surface area contributed by atoms with Crippen molar-refractivity contribution in [3.63, 3.8) is 0 Å². The third kappa shape index (κ3) is 3.72. The summed E-state index contributed by atoms with van der Waals surface area (Å²) in [7, 11) is 1.70. The molecule has 0 radical (unpaired) electrons. The van der Waals surface area contributed by atoms with Gasteiger partial charge in [0.05, 0.1) is 18.4 Å². The Balaban J connectivity index is 1.51. The summed E-state index contributed by atoms with van der Waals surface area (Å²) in [6.45, 7) is 2.28. The first-order chi connectivity index (χ1) is 13.0. The van der Waals surface area contributed by atoms with E-state index in [1.165, 1.54) is 16.8 Å². The molecule has 3 aromatic heterocycles. The molecule has 27 heavy (non-hydrogen) atoms. The molecular formula is C20H19FN4O2. The highest BCUT2D eigenvalue weighted by Crippen LogP contribution is 2.46. The molecule has 2 atom stereocenters. The highest BCUT2D eigenvalue weighted by atomic mass is 19.1. The van der Waals surface area contributed by atoms with Crippen molar-refractivity contribution in [3.8, 4) is 17.0 Å². The van der Waals surface area contributed by atoms with E-state index in [0.29, 0.717) is 29.8 Å². The molecule has 4 rings (SSSR count). The van der Waals surface area contributed by atoms with Crippen molar-refractivity contribution < 1.29 is 9.13 Å². The maximum atomic E-state index is 13.0. The van der Waals surface area contributed by atoms with Gasteiger partial charge in [-0.2, -0.15) is 4.98 Å². The predicted molar refractivity (Wildman–Crippen MR) is 98.0 cm³/mol. The van der Waals surface area contributed by atoms with Gasteiger partial charge in [0.25, 0.3) is 5.56 Å². The maximum Gasteiger partial charge on any atom is 0.250 e. The number of hydrogen-bond acceptors (Lipinski definition) is 5. The lowest BCUT2D eigenvalue weighted by atomic mass is 10.1. The van der Waals surface area contributed by atoms with E-state index in [4.69, 9.17) is 4.74 Å². The molecule has 6 nitrogen and oxygen atoms in total. The predicted octanol–water partition coefficient (Wildman–Crippen LogP) is 2.87. The molecule has 0 saturated heterocycles. The van der Waals surface area contributed by atoms with Crippen molar-refractivity contribution in [3.05, 3.63) is 70.5 Å². The van der Waals surface area contributed by atoms with Crippen LogP contribution in [-0.2, 0) is 7.05 Å². The van der Waals surface area contributed by atoms with Crippen LogP contribution < -0.4 is 10.3 Å². The van der Waals surface area contributed by atoms with E-state index in [-0.39, 0.29) is 17.3 Å². The Kier molecular flexibility index (Phi) is 4.43. The van der Waals surface area contributed by atoms with Crippen LogP contribution in [0.3, 0.4) is 0 Å². The standard InChI is InChI=1S/C20H19FN4O2/c1-12-22-10-17(13-5-6-25(2)19(26)8-13)20(24-12)27-11-14-7-16(14)18-4-3-15(21)9-23-18/h3-6,8-10,14,16H,7,11H2,1-2H3/t14-,16+/m0/s1. The van der Waals surface area contributed by atoms with Gasteiger partial charge in [0.15, 0.2) is 0 Å². The molecule has 0 spiro atoms. The number of hydrogen-bond donors (Lipinski definition) is 0. The largest absolute Gasteiger partial charge is 0.477 e. The van der Waals surface area contributed by atoms with E-state index in [0.717, 1.165) is 17.7 Å². The Labute approximate surface area is 155 Å². The van der Waals surface area contributed by atoms with Gasteiger partial charge in [0.2, 0.25) is 5.88 Å². The van der Waals surface area contributed by atoms with Crippen LogP contribution in [0.2, 0.25) is 0 Å². The van der Waals surface area contributed by atoms with Crippen molar-refractivity contribution in [2.45, 2.75) is 19.3 Å². The summed E-state index contributed by atoms with van der Waals surface area (Å²) in [5, 5.41) is 0. The van der Waals surface area contributed by atoms with E-state index < -0.39 is 0 Å².